The largest absolute Gasteiger partial charge is 0.391 e. The fourth-order valence-electron chi connectivity index (χ4n) is 2.38. The zero-order valence-electron chi connectivity index (χ0n) is 10.5. The number of benzene rings is 1. The van der Waals surface area contributed by atoms with Gasteiger partial charge in [0, 0.05) is 10.0 Å². The van der Waals surface area contributed by atoms with E-state index in [4.69, 9.17) is 23.2 Å². The molecule has 1 aromatic rings. The third-order valence-electron chi connectivity index (χ3n) is 3.44. The summed E-state index contributed by atoms with van der Waals surface area (Å²) in [6, 6.07) is 4.96. The molecule has 0 unspecified atom stereocenters. The third-order valence-corrected chi connectivity index (χ3v) is 4.03. The van der Waals surface area contributed by atoms with E-state index in [2.05, 4.69) is 5.32 Å². The van der Waals surface area contributed by atoms with Crippen LogP contribution in [0.3, 0.4) is 0 Å². The Balaban J connectivity index is 1.93. The Kier molecular flexibility index (Phi) is 5.08. The van der Waals surface area contributed by atoms with E-state index < -0.39 is 6.10 Å². The minimum atomic E-state index is -0.432. The molecule has 1 saturated carbocycles. The minimum Gasteiger partial charge on any atom is -0.391 e. The highest BCUT2D eigenvalue weighted by Gasteiger charge is 2.24. The van der Waals surface area contributed by atoms with Crippen LogP contribution < -0.4 is 5.32 Å². The van der Waals surface area contributed by atoms with Crippen molar-refractivity contribution < 1.29 is 9.90 Å². The smallest absolute Gasteiger partial charge is 0.224 e. The Morgan fingerprint density at radius 3 is 2.74 bits per heavy atom. The summed E-state index contributed by atoms with van der Waals surface area (Å²) >= 11 is 11.8. The maximum atomic E-state index is 11.9. The van der Waals surface area contributed by atoms with Crippen LogP contribution in [0.4, 0.5) is 0 Å². The summed E-state index contributed by atoms with van der Waals surface area (Å²) in [4.78, 5) is 11.9. The number of carbonyl (C=O) groups excluding carboxylic acids is 1. The van der Waals surface area contributed by atoms with Crippen molar-refractivity contribution in [3.05, 3.63) is 33.8 Å². The summed E-state index contributed by atoms with van der Waals surface area (Å²) in [6.07, 6.45) is 3.44. The molecule has 0 aliphatic heterocycles. The van der Waals surface area contributed by atoms with Crippen molar-refractivity contribution in [3.63, 3.8) is 0 Å². The Bertz CT molecular complexity index is 465. The van der Waals surface area contributed by atoms with Gasteiger partial charge in [-0.15, -0.1) is 0 Å². The van der Waals surface area contributed by atoms with Crippen LogP contribution >= 0.6 is 23.2 Å². The van der Waals surface area contributed by atoms with E-state index in [1.165, 1.54) is 0 Å². The number of carbonyl (C=O) groups is 1. The zero-order chi connectivity index (χ0) is 13.8. The topological polar surface area (TPSA) is 49.3 Å². The molecule has 104 valence electrons. The number of nitrogens with one attached hydrogen (secondary N) is 1. The lowest BCUT2D eigenvalue weighted by molar-refractivity contribution is -0.122. The summed E-state index contributed by atoms with van der Waals surface area (Å²) in [5.41, 5.74) is 0.744. The number of halogens is 2. The van der Waals surface area contributed by atoms with Gasteiger partial charge in [-0.1, -0.05) is 42.1 Å². The predicted molar refractivity (Wildman–Crippen MR) is 76.6 cm³/mol. The first-order valence-corrected chi connectivity index (χ1v) is 7.23. The Morgan fingerprint density at radius 2 is 2.05 bits per heavy atom. The normalized spacial score (nSPS) is 23.1. The first-order chi connectivity index (χ1) is 9.06. The Labute approximate surface area is 122 Å². The Morgan fingerprint density at radius 1 is 1.32 bits per heavy atom. The monoisotopic (exact) mass is 301 g/mol. The lowest BCUT2D eigenvalue weighted by Crippen LogP contribution is -2.45. The molecule has 19 heavy (non-hydrogen) atoms. The summed E-state index contributed by atoms with van der Waals surface area (Å²) in [5, 5.41) is 13.7. The van der Waals surface area contributed by atoms with Crippen molar-refractivity contribution in [1.29, 1.82) is 0 Å². The number of hydrogen-bond donors (Lipinski definition) is 2. The molecule has 0 bridgehead atoms. The summed E-state index contributed by atoms with van der Waals surface area (Å²) in [5.74, 6) is -0.116. The van der Waals surface area contributed by atoms with E-state index in [1.807, 2.05) is 0 Å². The van der Waals surface area contributed by atoms with Crippen molar-refractivity contribution >= 4 is 29.1 Å². The molecule has 1 fully saturated rings. The number of hydrogen-bond acceptors (Lipinski definition) is 2. The zero-order valence-corrected chi connectivity index (χ0v) is 12.0. The summed E-state index contributed by atoms with van der Waals surface area (Å²) in [6.45, 7) is 0. The second-order valence-corrected chi connectivity index (χ2v) is 5.78. The van der Waals surface area contributed by atoms with E-state index in [0.29, 0.717) is 10.0 Å². The molecule has 2 rings (SSSR count). The van der Waals surface area contributed by atoms with Gasteiger partial charge in [-0.25, -0.2) is 0 Å². The highest BCUT2D eigenvalue weighted by molar-refractivity contribution is 6.35. The second-order valence-electron chi connectivity index (χ2n) is 4.94. The van der Waals surface area contributed by atoms with Crippen LogP contribution in [0.15, 0.2) is 18.2 Å². The summed E-state index contributed by atoms with van der Waals surface area (Å²) in [7, 11) is 0. The molecule has 3 nitrogen and oxygen atoms in total. The van der Waals surface area contributed by atoms with Gasteiger partial charge in [0.1, 0.15) is 0 Å². The van der Waals surface area contributed by atoms with E-state index in [-0.39, 0.29) is 18.4 Å². The fraction of sp³-hybridized carbons (Fsp3) is 0.500. The van der Waals surface area contributed by atoms with E-state index >= 15 is 0 Å². The van der Waals surface area contributed by atoms with E-state index in [9.17, 15) is 9.90 Å². The van der Waals surface area contributed by atoms with Crippen molar-refractivity contribution in [2.24, 2.45) is 0 Å². The molecule has 0 spiro atoms. The van der Waals surface area contributed by atoms with Gasteiger partial charge in [0.2, 0.25) is 5.91 Å². The average molecular weight is 302 g/mol. The number of aliphatic hydroxyl groups is 1. The van der Waals surface area contributed by atoms with Gasteiger partial charge < -0.3 is 10.4 Å². The molecule has 0 heterocycles. The standard InChI is InChI=1S/C14H17Cl2NO2/c15-10-6-5-9(11(16)8-10)7-14(19)17-12-3-1-2-4-13(12)18/h5-6,8,12-13,18H,1-4,7H2,(H,17,19)/t12-,13-/m0/s1. The van der Waals surface area contributed by atoms with Crippen LogP contribution in [0.25, 0.3) is 0 Å². The van der Waals surface area contributed by atoms with E-state index in [0.717, 1.165) is 31.2 Å². The van der Waals surface area contributed by atoms with Crippen molar-refractivity contribution in [3.8, 4) is 0 Å². The van der Waals surface area contributed by atoms with Crippen LogP contribution in [0.1, 0.15) is 31.2 Å². The molecule has 0 aromatic heterocycles. The lowest BCUT2D eigenvalue weighted by atomic mass is 9.92. The molecule has 1 amide bonds. The maximum Gasteiger partial charge on any atom is 0.224 e. The van der Waals surface area contributed by atoms with Crippen molar-refractivity contribution in [2.45, 2.75) is 44.2 Å². The molecule has 0 radical (unpaired) electrons. The first kappa shape index (κ1) is 14.6. The van der Waals surface area contributed by atoms with Gasteiger partial charge in [0.15, 0.2) is 0 Å². The van der Waals surface area contributed by atoms with Crippen LogP contribution in [0.2, 0.25) is 10.0 Å². The van der Waals surface area contributed by atoms with Gasteiger partial charge in [-0.3, -0.25) is 4.79 Å². The van der Waals surface area contributed by atoms with Crippen LogP contribution in [-0.2, 0) is 11.2 Å². The summed E-state index contributed by atoms with van der Waals surface area (Å²) < 4.78 is 0. The quantitative estimate of drug-likeness (QED) is 0.902. The van der Waals surface area contributed by atoms with Crippen LogP contribution in [0.5, 0.6) is 0 Å². The minimum absolute atomic E-state index is 0.116. The van der Waals surface area contributed by atoms with Crippen molar-refractivity contribution in [1.82, 2.24) is 5.32 Å². The van der Waals surface area contributed by atoms with Gasteiger partial charge in [0.05, 0.1) is 18.6 Å². The van der Waals surface area contributed by atoms with Gasteiger partial charge >= 0.3 is 0 Å². The van der Waals surface area contributed by atoms with E-state index in [1.54, 1.807) is 18.2 Å². The number of rotatable bonds is 3. The first-order valence-electron chi connectivity index (χ1n) is 6.47. The van der Waals surface area contributed by atoms with Crippen LogP contribution in [-0.4, -0.2) is 23.2 Å². The van der Waals surface area contributed by atoms with Crippen LogP contribution in [0, 0.1) is 0 Å². The number of aliphatic hydroxyl groups excluding tert-OH is 1. The third kappa shape index (κ3) is 4.10. The molecule has 2 N–H and O–H groups in total. The highest BCUT2D eigenvalue weighted by Crippen LogP contribution is 2.22. The Hall–Kier alpha value is -0.770. The predicted octanol–water partition coefficient (Wildman–Crippen LogP) is 2.96. The molecule has 2 atom stereocenters. The number of amides is 1. The van der Waals surface area contributed by atoms with Gasteiger partial charge in [-0.2, -0.15) is 0 Å². The molecule has 5 heteroatoms. The fourth-order valence-corrected chi connectivity index (χ4v) is 2.85. The van der Waals surface area contributed by atoms with Gasteiger partial charge in [-0.05, 0) is 30.5 Å². The molecule has 1 aliphatic carbocycles. The van der Waals surface area contributed by atoms with Crippen molar-refractivity contribution in [2.75, 3.05) is 0 Å². The SMILES string of the molecule is O=C(Cc1ccc(Cl)cc1Cl)N[C@H]1CCCC[C@@H]1O. The lowest BCUT2D eigenvalue weighted by Gasteiger charge is -2.28. The maximum absolute atomic E-state index is 11.9. The average Bonchev–Trinajstić information content (AvgIpc) is 2.36. The molecular formula is C14H17Cl2NO2. The molecule has 1 aliphatic rings. The molecule has 0 saturated heterocycles. The molecule has 1 aromatic carbocycles. The second kappa shape index (κ2) is 6.60. The van der Waals surface area contributed by atoms with Gasteiger partial charge in [0.25, 0.3) is 0 Å². The highest BCUT2D eigenvalue weighted by atomic mass is 35.5. The molecular weight excluding hydrogens is 285 g/mol.